The summed E-state index contributed by atoms with van der Waals surface area (Å²) in [4.78, 5) is 12.4. The van der Waals surface area contributed by atoms with Gasteiger partial charge in [0.1, 0.15) is 0 Å². The van der Waals surface area contributed by atoms with Crippen LogP contribution in [-0.4, -0.2) is 25.5 Å². The molecule has 0 spiro atoms. The standard InChI is InChI=1S/C16H21ClN2O/c1-16(2,13-3-5-14(17)6-4-13)15(20)19-11-12-7-9-18-10-8-12/h3-7,18H,8-11H2,1-2H3,(H,19,20). The molecule has 1 amide bonds. The Hall–Kier alpha value is -1.32. The van der Waals surface area contributed by atoms with Crippen molar-refractivity contribution in [2.45, 2.75) is 25.7 Å². The van der Waals surface area contributed by atoms with Gasteiger partial charge in [0.2, 0.25) is 5.91 Å². The Kier molecular flexibility index (Phi) is 4.84. The highest BCUT2D eigenvalue weighted by Crippen LogP contribution is 2.25. The van der Waals surface area contributed by atoms with Crippen molar-refractivity contribution >= 4 is 17.5 Å². The normalized spacial score (nSPS) is 15.7. The van der Waals surface area contributed by atoms with Crippen molar-refractivity contribution in [3.05, 3.63) is 46.5 Å². The zero-order valence-corrected chi connectivity index (χ0v) is 12.8. The summed E-state index contributed by atoms with van der Waals surface area (Å²) in [5.74, 6) is 0.0410. The highest BCUT2D eigenvalue weighted by Gasteiger charge is 2.29. The summed E-state index contributed by atoms with van der Waals surface area (Å²) in [7, 11) is 0. The molecule has 2 N–H and O–H groups in total. The molecule has 0 fully saturated rings. The number of carbonyl (C=O) groups is 1. The molecule has 0 aliphatic carbocycles. The number of rotatable bonds is 4. The van der Waals surface area contributed by atoms with E-state index in [-0.39, 0.29) is 5.91 Å². The quantitative estimate of drug-likeness (QED) is 0.838. The van der Waals surface area contributed by atoms with E-state index in [1.165, 1.54) is 5.57 Å². The molecule has 0 radical (unpaired) electrons. The van der Waals surface area contributed by atoms with E-state index in [4.69, 9.17) is 11.6 Å². The first kappa shape index (κ1) is 15.1. The van der Waals surface area contributed by atoms with Crippen LogP contribution in [0.1, 0.15) is 25.8 Å². The average molecular weight is 293 g/mol. The Morgan fingerprint density at radius 3 is 2.65 bits per heavy atom. The molecule has 1 aliphatic heterocycles. The lowest BCUT2D eigenvalue weighted by Crippen LogP contribution is -2.41. The first-order chi connectivity index (χ1) is 9.50. The zero-order valence-electron chi connectivity index (χ0n) is 12.0. The van der Waals surface area contributed by atoms with Crippen LogP contribution in [0.25, 0.3) is 0 Å². The first-order valence-corrected chi connectivity index (χ1v) is 7.31. The molecule has 0 saturated carbocycles. The lowest BCUT2D eigenvalue weighted by atomic mass is 9.83. The number of hydrogen-bond acceptors (Lipinski definition) is 2. The van der Waals surface area contributed by atoms with Gasteiger partial charge in [0.15, 0.2) is 0 Å². The minimum Gasteiger partial charge on any atom is -0.352 e. The molecule has 0 aromatic heterocycles. The molecule has 1 aliphatic rings. The van der Waals surface area contributed by atoms with E-state index < -0.39 is 5.41 Å². The van der Waals surface area contributed by atoms with E-state index >= 15 is 0 Å². The second-order valence-electron chi connectivity index (χ2n) is 5.63. The van der Waals surface area contributed by atoms with Crippen molar-refractivity contribution in [3.63, 3.8) is 0 Å². The fourth-order valence-corrected chi connectivity index (χ4v) is 2.37. The smallest absolute Gasteiger partial charge is 0.230 e. The largest absolute Gasteiger partial charge is 0.352 e. The molecule has 1 aromatic carbocycles. The van der Waals surface area contributed by atoms with Gasteiger partial charge < -0.3 is 10.6 Å². The van der Waals surface area contributed by atoms with E-state index in [1.807, 2.05) is 38.1 Å². The Balaban J connectivity index is 1.99. The monoisotopic (exact) mass is 292 g/mol. The topological polar surface area (TPSA) is 41.1 Å². The Labute approximate surface area is 125 Å². The van der Waals surface area contributed by atoms with Gasteiger partial charge in [-0.15, -0.1) is 0 Å². The molecule has 0 bridgehead atoms. The molecule has 108 valence electrons. The molecule has 1 aromatic rings. The van der Waals surface area contributed by atoms with Crippen molar-refractivity contribution in [3.8, 4) is 0 Å². The van der Waals surface area contributed by atoms with E-state index in [9.17, 15) is 4.79 Å². The van der Waals surface area contributed by atoms with Crippen molar-refractivity contribution < 1.29 is 4.79 Å². The highest BCUT2D eigenvalue weighted by atomic mass is 35.5. The predicted octanol–water partition coefficient (Wildman–Crippen LogP) is 2.65. The number of halogens is 1. The SMILES string of the molecule is CC(C)(C(=O)NCC1=CCNCC1)c1ccc(Cl)cc1. The van der Waals surface area contributed by atoms with Crippen LogP contribution in [0, 0.1) is 0 Å². The maximum atomic E-state index is 12.4. The molecule has 0 saturated heterocycles. The predicted molar refractivity (Wildman–Crippen MR) is 83.1 cm³/mol. The maximum Gasteiger partial charge on any atom is 0.230 e. The minimum absolute atomic E-state index is 0.0410. The number of hydrogen-bond donors (Lipinski definition) is 2. The molecule has 4 heteroatoms. The van der Waals surface area contributed by atoms with Crippen molar-refractivity contribution in [2.75, 3.05) is 19.6 Å². The van der Waals surface area contributed by atoms with Crippen LogP contribution in [-0.2, 0) is 10.2 Å². The van der Waals surface area contributed by atoms with Gasteiger partial charge in [-0.05, 0) is 44.5 Å². The average Bonchev–Trinajstić information content (AvgIpc) is 2.46. The summed E-state index contributed by atoms with van der Waals surface area (Å²) in [6, 6.07) is 7.46. The molecule has 1 heterocycles. The summed E-state index contributed by atoms with van der Waals surface area (Å²) in [6.07, 6.45) is 3.15. The van der Waals surface area contributed by atoms with Crippen molar-refractivity contribution in [2.24, 2.45) is 0 Å². The van der Waals surface area contributed by atoms with Gasteiger partial charge in [0.05, 0.1) is 5.41 Å². The number of carbonyl (C=O) groups excluding carboxylic acids is 1. The van der Waals surface area contributed by atoms with E-state index in [1.54, 1.807) is 0 Å². The van der Waals surface area contributed by atoms with Gasteiger partial charge in [-0.25, -0.2) is 0 Å². The van der Waals surface area contributed by atoms with Gasteiger partial charge in [0, 0.05) is 18.1 Å². The van der Waals surface area contributed by atoms with E-state index in [0.29, 0.717) is 11.6 Å². The van der Waals surface area contributed by atoms with Gasteiger partial charge in [-0.2, -0.15) is 0 Å². The molecular formula is C16H21ClN2O. The summed E-state index contributed by atoms with van der Waals surface area (Å²) in [5.41, 5.74) is 1.71. The van der Waals surface area contributed by atoms with Gasteiger partial charge in [-0.1, -0.05) is 35.4 Å². The Bertz CT molecular complexity index is 506. The second-order valence-corrected chi connectivity index (χ2v) is 6.07. The van der Waals surface area contributed by atoms with Crippen LogP contribution in [0.2, 0.25) is 5.02 Å². The third-order valence-corrected chi connectivity index (χ3v) is 4.02. The summed E-state index contributed by atoms with van der Waals surface area (Å²) in [5, 5.41) is 6.98. The van der Waals surface area contributed by atoms with Gasteiger partial charge >= 0.3 is 0 Å². The van der Waals surface area contributed by atoms with Crippen LogP contribution in [0.5, 0.6) is 0 Å². The lowest BCUT2D eigenvalue weighted by Gasteiger charge is -2.25. The minimum atomic E-state index is -0.557. The molecular weight excluding hydrogens is 272 g/mol. The molecule has 0 unspecified atom stereocenters. The van der Waals surface area contributed by atoms with Crippen molar-refractivity contribution in [1.82, 2.24) is 10.6 Å². The van der Waals surface area contributed by atoms with E-state index in [0.717, 1.165) is 25.1 Å². The molecule has 3 nitrogen and oxygen atoms in total. The number of benzene rings is 1. The van der Waals surface area contributed by atoms with E-state index in [2.05, 4.69) is 16.7 Å². The Morgan fingerprint density at radius 1 is 1.35 bits per heavy atom. The fraction of sp³-hybridized carbons (Fsp3) is 0.438. The summed E-state index contributed by atoms with van der Waals surface area (Å²) < 4.78 is 0. The molecule has 2 rings (SSSR count). The zero-order chi connectivity index (χ0) is 14.6. The van der Waals surface area contributed by atoms with Crippen LogP contribution in [0.4, 0.5) is 0 Å². The van der Waals surface area contributed by atoms with Crippen LogP contribution >= 0.6 is 11.6 Å². The highest BCUT2D eigenvalue weighted by molar-refractivity contribution is 6.30. The fourth-order valence-electron chi connectivity index (χ4n) is 2.24. The third kappa shape index (κ3) is 3.62. The van der Waals surface area contributed by atoms with Crippen LogP contribution in [0.15, 0.2) is 35.9 Å². The Morgan fingerprint density at radius 2 is 2.05 bits per heavy atom. The first-order valence-electron chi connectivity index (χ1n) is 6.93. The second kappa shape index (κ2) is 6.42. The van der Waals surface area contributed by atoms with Gasteiger partial charge in [0.25, 0.3) is 0 Å². The summed E-state index contributed by atoms with van der Waals surface area (Å²) >= 11 is 5.89. The maximum absolute atomic E-state index is 12.4. The number of nitrogens with one attached hydrogen (secondary N) is 2. The molecule has 0 atom stereocenters. The van der Waals surface area contributed by atoms with Crippen LogP contribution < -0.4 is 10.6 Å². The lowest BCUT2D eigenvalue weighted by molar-refractivity contribution is -0.125. The molecule has 20 heavy (non-hydrogen) atoms. The third-order valence-electron chi connectivity index (χ3n) is 3.77. The summed E-state index contributed by atoms with van der Waals surface area (Å²) in [6.45, 7) is 6.39. The van der Waals surface area contributed by atoms with Gasteiger partial charge in [-0.3, -0.25) is 4.79 Å². The van der Waals surface area contributed by atoms with Crippen molar-refractivity contribution in [1.29, 1.82) is 0 Å². The van der Waals surface area contributed by atoms with Crippen LogP contribution in [0.3, 0.4) is 0 Å². The number of amides is 1.